The van der Waals surface area contributed by atoms with Gasteiger partial charge in [-0.15, -0.1) is 0 Å². The van der Waals surface area contributed by atoms with Crippen molar-refractivity contribution in [2.24, 2.45) is 4.99 Å². The molecule has 1 aliphatic heterocycles. The van der Waals surface area contributed by atoms with Crippen molar-refractivity contribution in [1.29, 1.82) is 0 Å². The molecule has 1 aromatic carbocycles. The number of nitrogens with one attached hydrogen (secondary N) is 2. The van der Waals surface area contributed by atoms with Crippen molar-refractivity contribution < 1.29 is 9.18 Å². The van der Waals surface area contributed by atoms with E-state index in [0.717, 1.165) is 0 Å². The molecule has 0 aliphatic carbocycles. The largest absolute Gasteiger partial charge is 0.340 e. The van der Waals surface area contributed by atoms with Crippen molar-refractivity contribution in [3.05, 3.63) is 34.1 Å². The number of halogens is 2. The van der Waals surface area contributed by atoms with E-state index in [-0.39, 0.29) is 5.91 Å². The summed E-state index contributed by atoms with van der Waals surface area (Å²) in [5.41, 5.74) is 0.312. The highest BCUT2D eigenvalue weighted by Gasteiger charge is 2.31. The summed E-state index contributed by atoms with van der Waals surface area (Å²) in [6.07, 6.45) is 0. The first-order valence-electron chi connectivity index (χ1n) is 5.18. The highest BCUT2D eigenvalue weighted by molar-refractivity contribution is 9.10. The second-order valence-corrected chi connectivity index (χ2v) is 4.47. The van der Waals surface area contributed by atoms with E-state index < -0.39 is 11.9 Å². The quantitative estimate of drug-likeness (QED) is 0.874. The fourth-order valence-electron chi connectivity index (χ4n) is 1.63. The van der Waals surface area contributed by atoms with Crippen LogP contribution in [-0.4, -0.2) is 18.4 Å². The number of hydrogen-bond acceptors (Lipinski definition) is 2. The first-order chi connectivity index (χ1) is 8.11. The van der Waals surface area contributed by atoms with E-state index >= 15 is 0 Å². The lowest BCUT2D eigenvalue weighted by molar-refractivity contribution is -0.120. The Hall–Kier alpha value is -1.43. The lowest BCUT2D eigenvalue weighted by atomic mass is 10.1. The molecule has 6 heteroatoms. The minimum absolute atomic E-state index is 0.293. The van der Waals surface area contributed by atoms with E-state index in [0.29, 0.717) is 22.5 Å². The molecule has 90 valence electrons. The predicted octanol–water partition coefficient (Wildman–Crippen LogP) is 1.72. The van der Waals surface area contributed by atoms with Crippen LogP contribution < -0.4 is 10.6 Å². The second kappa shape index (κ2) is 4.83. The van der Waals surface area contributed by atoms with Crippen LogP contribution in [-0.2, 0) is 4.79 Å². The Bertz CT molecular complexity index is 490. The Morgan fingerprint density at radius 3 is 2.94 bits per heavy atom. The number of nitrogens with zero attached hydrogens (tertiary/aromatic N) is 1. The minimum atomic E-state index is -0.714. The summed E-state index contributed by atoms with van der Waals surface area (Å²) >= 11 is 3.17. The zero-order valence-corrected chi connectivity index (χ0v) is 10.7. The fourth-order valence-corrected chi connectivity index (χ4v) is 1.96. The minimum Gasteiger partial charge on any atom is -0.340 e. The van der Waals surface area contributed by atoms with Crippen LogP contribution in [0.25, 0.3) is 0 Å². The van der Waals surface area contributed by atoms with Gasteiger partial charge in [-0.1, -0.05) is 22.0 Å². The fraction of sp³-hybridized carbons (Fsp3) is 0.273. The number of amides is 1. The average molecular weight is 300 g/mol. The van der Waals surface area contributed by atoms with Crippen LogP contribution in [0.15, 0.2) is 27.7 Å². The van der Waals surface area contributed by atoms with Crippen LogP contribution in [0, 0.1) is 5.82 Å². The molecule has 1 heterocycles. The van der Waals surface area contributed by atoms with Crippen LogP contribution in [0.5, 0.6) is 0 Å². The topological polar surface area (TPSA) is 53.5 Å². The zero-order chi connectivity index (χ0) is 12.4. The summed E-state index contributed by atoms with van der Waals surface area (Å²) in [5, 5.41) is 5.42. The SMILES string of the molecule is CCN=C1NC(=O)C(c2ccc(Br)cc2F)N1. The van der Waals surface area contributed by atoms with Crippen molar-refractivity contribution in [2.75, 3.05) is 6.54 Å². The van der Waals surface area contributed by atoms with Gasteiger partial charge in [0.25, 0.3) is 5.91 Å². The van der Waals surface area contributed by atoms with E-state index in [9.17, 15) is 9.18 Å². The van der Waals surface area contributed by atoms with Crippen molar-refractivity contribution in [1.82, 2.24) is 10.6 Å². The molecule has 4 nitrogen and oxygen atoms in total. The van der Waals surface area contributed by atoms with Crippen molar-refractivity contribution in [3.8, 4) is 0 Å². The molecule has 0 aromatic heterocycles. The summed E-state index contributed by atoms with van der Waals surface area (Å²) < 4.78 is 14.3. The summed E-state index contributed by atoms with van der Waals surface area (Å²) in [5.74, 6) is -0.326. The highest BCUT2D eigenvalue weighted by atomic mass is 79.9. The van der Waals surface area contributed by atoms with Crippen molar-refractivity contribution in [2.45, 2.75) is 13.0 Å². The van der Waals surface area contributed by atoms with Gasteiger partial charge < -0.3 is 5.32 Å². The molecule has 1 saturated heterocycles. The van der Waals surface area contributed by atoms with Gasteiger partial charge in [-0.05, 0) is 19.1 Å². The maximum atomic E-state index is 13.7. The molecule has 2 rings (SSSR count). The third kappa shape index (κ3) is 2.46. The maximum Gasteiger partial charge on any atom is 0.254 e. The second-order valence-electron chi connectivity index (χ2n) is 3.56. The lowest BCUT2D eigenvalue weighted by Gasteiger charge is -2.09. The number of carbonyl (C=O) groups is 1. The van der Waals surface area contributed by atoms with Crippen LogP contribution in [0.3, 0.4) is 0 Å². The molecule has 0 radical (unpaired) electrons. The zero-order valence-electron chi connectivity index (χ0n) is 9.13. The molecule has 0 saturated carbocycles. The van der Waals surface area contributed by atoms with E-state index in [1.165, 1.54) is 6.07 Å². The number of rotatable bonds is 2. The van der Waals surface area contributed by atoms with E-state index in [2.05, 4.69) is 31.6 Å². The Kier molecular flexibility index (Phi) is 3.42. The molecule has 2 N–H and O–H groups in total. The molecule has 0 spiro atoms. The summed E-state index contributed by atoms with van der Waals surface area (Å²) in [4.78, 5) is 15.7. The van der Waals surface area contributed by atoms with Gasteiger partial charge in [-0.25, -0.2) is 4.39 Å². The van der Waals surface area contributed by atoms with Gasteiger partial charge in [0.1, 0.15) is 11.9 Å². The van der Waals surface area contributed by atoms with Crippen LogP contribution in [0.2, 0.25) is 0 Å². The first kappa shape index (κ1) is 12.0. The third-order valence-corrected chi connectivity index (χ3v) is 2.87. The van der Waals surface area contributed by atoms with Crippen molar-refractivity contribution in [3.63, 3.8) is 0 Å². The normalized spacial score (nSPS) is 21.5. The monoisotopic (exact) mass is 299 g/mol. The standard InChI is InChI=1S/C11H11BrFN3O/c1-2-14-11-15-9(10(17)16-11)7-4-3-6(12)5-8(7)13/h3-5,9H,2H2,1H3,(H2,14,15,16,17). The van der Waals surface area contributed by atoms with Crippen LogP contribution >= 0.6 is 15.9 Å². The van der Waals surface area contributed by atoms with Gasteiger partial charge in [0.15, 0.2) is 5.96 Å². The molecular formula is C11H11BrFN3O. The molecule has 1 atom stereocenters. The van der Waals surface area contributed by atoms with Crippen LogP contribution in [0.1, 0.15) is 18.5 Å². The molecule has 1 fully saturated rings. The number of guanidine groups is 1. The van der Waals surface area contributed by atoms with E-state index in [1.54, 1.807) is 12.1 Å². The number of hydrogen-bond donors (Lipinski definition) is 2. The molecule has 1 amide bonds. The molecule has 0 bridgehead atoms. The Labute approximate surface area is 106 Å². The average Bonchev–Trinajstić information content (AvgIpc) is 2.60. The predicted molar refractivity (Wildman–Crippen MR) is 66.1 cm³/mol. The Morgan fingerprint density at radius 1 is 1.53 bits per heavy atom. The molecular weight excluding hydrogens is 289 g/mol. The Balaban J connectivity index is 2.29. The summed E-state index contributed by atoms with van der Waals surface area (Å²) in [6.45, 7) is 2.41. The van der Waals surface area contributed by atoms with Gasteiger partial charge in [-0.2, -0.15) is 0 Å². The van der Waals surface area contributed by atoms with Gasteiger partial charge >= 0.3 is 0 Å². The number of carbonyl (C=O) groups excluding carboxylic acids is 1. The van der Waals surface area contributed by atoms with Crippen molar-refractivity contribution >= 4 is 27.8 Å². The smallest absolute Gasteiger partial charge is 0.254 e. The van der Waals surface area contributed by atoms with Crippen LogP contribution in [0.4, 0.5) is 4.39 Å². The first-order valence-corrected chi connectivity index (χ1v) is 5.98. The number of benzene rings is 1. The third-order valence-electron chi connectivity index (χ3n) is 2.37. The molecule has 1 aromatic rings. The highest BCUT2D eigenvalue weighted by Crippen LogP contribution is 2.23. The van der Waals surface area contributed by atoms with E-state index in [4.69, 9.17) is 0 Å². The molecule has 17 heavy (non-hydrogen) atoms. The summed E-state index contributed by atoms with van der Waals surface area (Å²) in [7, 11) is 0. The van der Waals surface area contributed by atoms with Gasteiger partial charge in [-0.3, -0.25) is 15.1 Å². The molecule has 1 unspecified atom stereocenters. The molecule has 1 aliphatic rings. The maximum absolute atomic E-state index is 13.7. The van der Waals surface area contributed by atoms with E-state index in [1.807, 2.05) is 6.92 Å². The van der Waals surface area contributed by atoms with Gasteiger partial charge in [0.05, 0.1) is 0 Å². The summed E-state index contributed by atoms with van der Waals surface area (Å²) in [6, 6.07) is 3.89. The van der Waals surface area contributed by atoms with Gasteiger partial charge in [0, 0.05) is 16.6 Å². The lowest BCUT2D eigenvalue weighted by Crippen LogP contribution is -2.25. The number of aliphatic imine (C=N–C) groups is 1. The van der Waals surface area contributed by atoms with Gasteiger partial charge in [0.2, 0.25) is 0 Å². The Morgan fingerprint density at radius 2 is 2.29 bits per heavy atom.